The number of anilines is 1. The van der Waals surface area contributed by atoms with Gasteiger partial charge in [0.15, 0.2) is 0 Å². The number of nitrogens with one attached hydrogen (secondary N) is 1. The van der Waals surface area contributed by atoms with Gasteiger partial charge in [-0.1, -0.05) is 0 Å². The zero-order valence-electron chi connectivity index (χ0n) is 10.00. The predicted octanol–water partition coefficient (Wildman–Crippen LogP) is 3.73. The monoisotopic (exact) mass is 356 g/mol. The molecule has 0 atom stereocenters. The minimum Gasteiger partial charge on any atom is -0.478 e. The van der Waals surface area contributed by atoms with Crippen LogP contribution < -0.4 is 5.32 Å². The number of nitrogens with zero attached hydrogens (tertiary/aromatic N) is 1. The molecule has 0 saturated carbocycles. The number of carboxylic acids is 1. The molecule has 0 aliphatic carbocycles. The summed E-state index contributed by atoms with van der Waals surface area (Å²) in [5.74, 6) is -1.12. The van der Waals surface area contributed by atoms with Crippen molar-refractivity contribution >= 4 is 44.6 Å². The lowest BCUT2D eigenvalue weighted by atomic mass is 10.1. The lowest BCUT2D eigenvalue weighted by molar-refractivity contribution is -0.384. The second kappa shape index (κ2) is 6.02. The van der Waals surface area contributed by atoms with Crippen molar-refractivity contribution in [2.45, 2.75) is 6.54 Å². The highest BCUT2D eigenvalue weighted by atomic mass is 79.9. The largest absolute Gasteiger partial charge is 0.478 e. The highest BCUT2D eigenvalue weighted by Gasteiger charge is 2.16. The number of nitro benzene ring substituents is 1. The highest BCUT2D eigenvalue weighted by molar-refractivity contribution is 9.10. The van der Waals surface area contributed by atoms with E-state index >= 15 is 0 Å². The lowest BCUT2D eigenvalue weighted by Gasteiger charge is -2.07. The van der Waals surface area contributed by atoms with Crippen LogP contribution in [0.25, 0.3) is 0 Å². The van der Waals surface area contributed by atoms with Crippen LogP contribution in [0.3, 0.4) is 0 Å². The molecule has 0 aliphatic heterocycles. The smallest absolute Gasteiger partial charge is 0.335 e. The van der Waals surface area contributed by atoms with Gasteiger partial charge in [-0.25, -0.2) is 4.79 Å². The van der Waals surface area contributed by atoms with E-state index in [1.54, 1.807) is 0 Å². The molecule has 0 radical (unpaired) electrons. The van der Waals surface area contributed by atoms with Crippen molar-refractivity contribution in [1.29, 1.82) is 0 Å². The highest BCUT2D eigenvalue weighted by Crippen LogP contribution is 2.28. The van der Waals surface area contributed by atoms with Crippen LogP contribution in [0, 0.1) is 10.1 Å². The van der Waals surface area contributed by atoms with E-state index < -0.39 is 10.9 Å². The molecule has 0 saturated heterocycles. The summed E-state index contributed by atoms with van der Waals surface area (Å²) in [5, 5.41) is 24.7. The van der Waals surface area contributed by atoms with E-state index in [1.807, 2.05) is 11.4 Å². The van der Waals surface area contributed by atoms with E-state index in [9.17, 15) is 14.9 Å². The summed E-state index contributed by atoms with van der Waals surface area (Å²) < 4.78 is 0.909. The van der Waals surface area contributed by atoms with Gasteiger partial charge in [-0.15, -0.1) is 11.3 Å². The molecule has 0 aliphatic rings. The Labute approximate surface area is 126 Å². The van der Waals surface area contributed by atoms with E-state index in [2.05, 4.69) is 21.2 Å². The quantitative estimate of drug-likeness (QED) is 0.628. The van der Waals surface area contributed by atoms with Crippen LogP contribution in [0.5, 0.6) is 0 Å². The van der Waals surface area contributed by atoms with Crippen LogP contribution in [-0.4, -0.2) is 16.0 Å². The molecule has 0 fully saturated rings. The Morgan fingerprint density at radius 2 is 2.20 bits per heavy atom. The summed E-state index contributed by atoms with van der Waals surface area (Å²) in [6.07, 6.45) is 0. The average molecular weight is 357 g/mol. The van der Waals surface area contributed by atoms with Crippen molar-refractivity contribution in [3.63, 3.8) is 0 Å². The fourth-order valence-corrected chi connectivity index (χ4v) is 3.03. The molecule has 1 aromatic heterocycles. The van der Waals surface area contributed by atoms with Gasteiger partial charge < -0.3 is 10.4 Å². The van der Waals surface area contributed by atoms with Crippen molar-refractivity contribution in [1.82, 2.24) is 0 Å². The van der Waals surface area contributed by atoms with Gasteiger partial charge >= 0.3 is 5.97 Å². The first-order valence-corrected chi connectivity index (χ1v) is 7.14. The fraction of sp³-hybridized carbons (Fsp3) is 0.0833. The molecule has 0 unspecified atom stereocenters. The number of hydrogen-bond donors (Lipinski definition) is 2. The summed E-state index contributed by atoms with van der Waals surface area (Å²) in [7, 11) is 0. The maximum atomic E-state index is 10.9. The van der Waals surface area contributed by atoms with Crippen molar-refractivity contribution in [2.75, 3.05) is 5.32 Å². The van der Waals surface area contributed by atoms with Crippen molar-refractivity contribution in [3.05, 3.63) is 54.7 Å². The summed E-state index contributed by atoms with van der Waals surface area (Å²) >= 11 is 4.87. The topological polar surface area (TPSA) is 92.5 Å². The van der Waals surface area contributed by atoms with Gasteiger partial charge in [0.1, 0.15) is 5.69 Å². The third-order valence-electron chi connectivity index (χ3n) is 2.57. The molecular formula is C12H9BrN2O4S. The maximum Gasteiger partial charge on any atom is 0.335 e. The summed E-state index contributed by atoms with van der Waals surface area (Å²) in [6, 6.07) is 5.55. The zero-order valence-corrected chi connectivity index (χ0v) is 12.4. The van der Waals surface area contributed by atoms with Crippen LogP contribution in [-0.2, 0) is 6.54 Å². The Hall–Kier alpha value is -1.93. The van der Waals surface area contributed by atoms with Crippen LogP contribution in [0.4, 0.5) is 11.4 Å². The number of benzene rings is 1. The molecular weight excluding hydrogens is 348 g/mol. The number of hydrogen-bond acceptors (Lipinski definition) is 5. The van der Waals surface area contributed by atoms with Crippen LogP contribution in [0.15, 0.2) is 34.1 Å². The van der Waals surface area contributed by atoms with E-state index in [-0.39, 0.29) is 16.9 Å². The number of carbonyl (C=O) groups is 1. The van der Waals surface area contributed by atoms with Gasteiger partial charge in [-0.2, -0.15) is 0 Å². The molecule has 8 heteroatoms. The van der Waals surface area contributed by atoms with Crippen LogP contribution in [0.1, 0.15) is 15.2 Å². The molecule has 1 aromatic carbocycles. The van der Waals surface area contributed by atoms with Crippen molar-refractivity contribution in [2.24, 2.45) is 0 Å². The van der Waals surface area contributed by atoms with Gasteiger partial charge in [0.2, 0.25) is 0 Å². The first kappa shape index (κ1) is 14.5. The zero-order chi connectivity index (χ0) is 14.7. The number of nitro groups is 1. The van der Waals surface area contributed by atoms with E-state index in [0.29, 0.717) is 6.54 Å². The number of carboxylic acid groups (broad SMARTS) is 1. The first-order chi connectivity index (χ1) is 9.49. The fourth-order valence-electron chi connectivity index (χ4n) is 1.60. The van der Waals surface area contributed by atoms with Crippen molar-refractivity contribution in [3.8, 4) is 0 Å². The Morgan fingerprint density at radius 1 is 1.45 bits per heavy atom. The Kier molecular flexibility index (Phi) is 4.35. The van der Waals surface area contributed by atoms with Gasteiger partial charge in [-0.3, -0.25) is 10.1 Å². The number of thiophene rings is 1. The second-order valence-electron chi connectivity index (χ2n) is 3.84. The molecule has 1 heterocycles. The predicted molar refractivity (Wildman–Crippen MR) is 79.4 cm³/mol. The Morgan fingerprint density at radius 3 is 2.75 bits per heavy atom. The van der Waals surface area contributed by atoms with Gasteiger partial charge in [0, 0.05) is 15.4 Å². The number of halogens is 1. The first-order valence-electron chi connectivity index (χ1n) is 5.46. The van der Waals surface area contributed by atoms with Crippen LogP contribution >= 0.6 is 27.3 Å². The Bertz CT molecular complexity index is 671. The third-order valence-corrected chi connectivity index (χ3v) is 4.50. The Balaban J connectivity index is 2.28. The second-order valence-corrected chi connectivity index (χ2v) is 5.69. The summed E-state index contributed by atoms with van der Waals surface area (Å²) in [6.45, 7) is 0.377. The molecule has 0 bridgehead atoms. The van der Waals surface area contributed by atoms with Gasteiger partial charge in [0.05, 0.1) is 17.0 Å². The van der Waals surface area contributed by atoms with E-state index in [1.165, 1.54) is 29.5 Å². The molecule has 104 valence electrons. The molecule has 6 nitrogen and oxygen atoms in total. The molecule has 20 heavy (non-hydrogen) atoms. The van der Waals surface area contributed by atoms with Crippen LogP contribution in [0.2, 0.25) is 0 Å². The lowest BCUT2D eigenvalue weighted by Crippen LogP contribution is -2.04. The minimum absolute atomic E-state index is 0.00310. The summed E-state index contributed by atoms with van der Waals surface area (Å²) in [4.78, 5) is 22.3. The molecule has 2 N–H and O–H groups in total. The molecule has 0 spiro atoms. The third kappa shape index (κ3) is 3.14. The summed E-state index contributed by atoms with van der Waals surface area (Å²) in [5.41, 5.74) is 0.0428. The van der Waals surface area contributed by atoms with Gasteiger partial charge in [-0.05, 0) is 39.5 Å². The molecule has 2 aromatic rings. The standard InChI is InChI=1S/C12H9BrN2O4S/c13-8-3-4-20-11(8)6-14-9-5-7(12(16)17)1-2-10(9)15(18)19/h1-5,14H,6H2,(H,16,17). The van der Waals surface area contributed by atoms with Crippen molar-refractivity contribution < 1.29 is 14.8 Å². The number of rotatable bonds is 5. The van der Waals surface area contributed by atoms with Gasteiger partial charge in [0.25, 0.3) is 5.69 Å². The number of aromatic carboxylic acids is 1. The molecule has 2 rings (SSSR count). The normalized spacial score (nSPS) is 10.2. The average Bonchev–Trinajstić information content (AvgIpc) is 2.81. The SMILES string of the molecule is O=C(O)c1ccc([N+](=O)[O-])c(NCc2sccc2Br)c1. The van der Waals surface area contributed by atoms with E-state index in [0.717, 1.165) is 9.35 Å². The molecule has 0 amide bonds. The minimum atomic E-state index is -1.12. The van der Waals surface area contributed by atoms with E-state index in [4.69, 9.17) is 5.11 Å². The maximum absolute atomic E-state index is 10.9.